The Morgan fingerprint density at radius 1 is 1.20 bits per heavy atom. The van der Waals surface area contributed by atoms with Crippen LogP contribution < -0.4 is 5.32 Å². The zero-order valence-corrected chi connectivity index (χ0v) is 14.4. The fraction of sp³-hybridized carbons (Fsp3) is 0.167. The Balaban J connectivity index is 1.62. The number of nitrogens with zero attached hydrogens (tertiary/aromatic N) is 3. The Bertz CT molecular complexity index is 853. The van der Waals surface area contributed by atoms with E-state index in [0.717, 1.165) is 5.56 Å². The van der Waals surface area contributed by atoms with E-state index in [-0.39, 0.29) is 23.5 Å². The smallest absolute Gasteiger partial charge is 0.230 e. The quantitative estimate of drug-likeness (QED) is 0.688. The number of carbonyl (C=O) groups excluding carboxylic acids is 1. The Kier molecular flexibility index (Phi) is 5.45. The molecule has 128 valence electrons. The molecule has 7 heteroatoms. The second-order valence-electron chi connectivity index (χ2n) is 5.42. The fourth-order valence-corrected chi connectivity index (χ4v) is 3.11. The van der Waals surface area contributed by atoms with Gasteiger partial charge in [0.15, 0.2) is 5.16 Å². The number of hydrogen-bond donors (Lipinski definition) is 1. The highest BCUT2D eigenvalue weighted by atomic mass is 32.2. The van der Waals surface area contributed by atoms with Crippen molar-refractivity contribution in [3.63, 3.8) is 0 Å². The van der Waals surface area contributed by atoms with E-state index in [4.69, 9.17) is 0 Å². The summed E-state index contributed by atoms with van der Waals surface area (Å²) in [6, 6.07) is 16.0. The summed E-state index contributed by atoms with van der Waals surface area (Å²) in [5.74, 6) is -0.319. The first-order valence-corrected chi connectivity index (χ1v) is 8.76. The maximum absolute atomic E-state index is 13.9. The molecule has 0 saturated heterocycles. The van der Waals surface area contributed by atoms with Gasteiger partial charge in [-0.1, -0.05) is 54.2 Å². The lowest BCUT2D eigenvalue weighted by Crippen LogP contribution is -2.28. The molecule has 3 rings (SSSR count). The molecule has 2 aromatic carbocycles. The third kappa shape index (κ3) is 4.24. The highest BCUT2D eigenvalue weighted by molar-refractivity contribution is 7.99. The molecule has 1 unspecified atom stereocenters. The van der Waals surface area contributed by atoms with Crippen LogP contribution in [0, 0.1) is 5.82 Å². The summed E-state index contributed by atoms with van der Waals surface area (Å²) in [6.07, 6.45) is 1.44. The number of nitrogens with one attached hydrogen (secondary N) is 1. The Morgan fingerprint density at radius 2 is 1.92 bits per heavy atom. The number of para-hydroxylation sites is 1. The van der Waals surface area contributed by atoms with Gasteiger partial charge >= 0.3 is 0 Å². The maximum atomic E-state index is 13.9. The molecule has 0 fully saturated rings. The third-order valence-corrected chi connectivity index (χ3v) is 4.58. The van der Waals surface area contributed by atoms with Crippen molar-refractivity contribution in [2.24, 2.45) is 0 Å². The van der Waals surface area contributed by atoms with Crippen LogP contribution in [-0.4, -0.2) is 26.4 Å². The summed E-state index contributed by atoms with van der Waals surface area (Å²) in [5.41, 5.74) is 1.39. The number of aromatic nitrogens is 3. The van der Waals surface area contributed by atoms with Gasteiger partial charge in [0.2, 0.25) is 5.91 Å². The van der Waals surface area contributed by atoms with Gasteiger partial charge in [-0.05, 0) is 24.6 Å². The molecular formula is C18H17FN4OS. The predicted octanol–water partition coefficient (Wildman–Crippen LogP) is 3.38. The number of carbonyl (C=O) groups is 1. The van der Waals surface area contributed by atoms with Gasteiger partial charge in [-0.3, -0.25) is 9.36 Å². The summed E-state index contributed by atoms with van der Waals surface area (Å²) >= 11 is 1.21. The standard InChI is InChI=1S/C18H17FN4OS/c1-13(14-7-3-2-4-8-14)21-17(24)11-25-18-22-20-12-23(18)16-10-6-5-9-15(16)19/h2-10,12-13H,11H2,1H3,(H,21,24). The van der Waals surface area contributed by atoms with Crippen molar-refractivity contribution in [1.82, 2.24) is 20.1 Å². The first-order chi connectivity index (χ1) is 12.1. The molecule has 25 heavy (non-hydrogen) atoms. The van der Waals surface area contributed by atoms with E-state index in [9.17, 15) is 9.18 Å². The molecule has 0 bridgehead atoms. The third-order valence-electron chi connectivity index (χ3n) is 3.64. The molecule has 0 radical (unpaired) electrons. The fourth-order valence-electron chi connectivity index (χ4n) is 2.37. The highest BCUT2D eigenvalue weighted by Crippen LogP contribution is 2.21. The minimum absolute atomic E-state index is 0.0845. The predicted molar refractivity (Wildman–Crippen MR) is 95.0 cm³/mol. The van der Waals surface area contributed by atoms with Crippen molar-refractivity contribution in [2.75, 3.05) is 5.75 Å². The summed E-state index contributed by atoms with van der Waals surface area (Å²) in [5, 5.41) is 11.2. The van der Waals surface area contributed by atoms with Crippen LogP contribution in [0.15, 0.2) is 66.1 Å². The van der Waals surface area contributed by atoms with Crippen LogP contribution in [0.2, 0.25) is 0 Å². The topological polar surface area (TPSA) is 59.8 Å². The van der Waals surface area contributed by atoms with Crippen molar-refractivity contribution in [3.05, 3.63) is 72.3 Å². The average molecular weight is 356 g/mol. The van der Waals surface area contributed by atoms with E-state index in [2.05, 4.69) is 15.5 Å². The molecule has 0 aliphatic carbocycles. The summed E-state index contributed by atoms with van der Waals surface area (Å²) in [6.45, 7) is 1.93. The number of rotatable bonds is 6. The van der Waals surface area contributed by atoms with Crippen LogP contribution >= 0.6 is 11.8 Å². The normalized spacial score (nSPS) is 11.9. The molecule has 0 aliphatic heterocycles. The lowest BCUT2D eigenvalue weighted by Gasteiger charge is -2.14. The summed E-state index contributed by atoms with van der Waals surface area (Å²) in [7, 11) is 0. The molecule has 0 aliphatic rings. The van der Waals surface area contributed by atoms with Crippen LogP contribution in [-0.2, 0) is 4.79 Å². The maximum Gasteiger partial charge on any atom is 0.230 e. The summed E-state index contributed by atoms with van der Waals surface area (Å²) in [4.78, 5) is 12.2. The van der Waals surface area contributed by atoms with E-state index in [1.165, 1.54) is 28.7 Å². The molecule has 0 spiro atoms. The van der Waals surface area contributed by atoms with Crippen LogP contribution in [0.4, 0.5) is 4.39 Å². The van der Waals surface area contributed by atoms with Crippen molar-refractivity contribution >= 4 is 17.7 Å². The van der Waals surface area contributed by atoms with Gasteiger partial charge in [0.1, 0.15) is 12.1 Å². The molecule has 1 aromatic heterocycles. The largest absolute Gasteiger partial charge is 0.349 e. The Morgan fingerprint density at radius 3 is 2.68 bits per heavy atom. The van der Waals surface area contributed by atoms with Gasteiger partial charge < -0.3 is 5.32 Å². The SMILES string of the molecule is CC(NC(=O)CSc1nncn1-c1ccccc1F)c1ccccc1. The lowest BCUT2D eigenvalue weighted by atomic mass is 10.1. The van der Waals surface area contributed by atoms with Crippen molar-refractivity contribution in [1.29, 1.82) is 0 Å². The van der Waals surface area contributed by atoms with Crippen LogP contribution in [0.25, 0.3) is 5.69 Å². The van der Waals surface area contributed by atoms with E-state index < -0.39 is 0 Å². The first-order valence-electron chi connectivity index (χ1n) is 7.77. The number of amides is 1. The molecule has 1 amide bonds. The molecule has 1 N–H and O–H groups in total. The van der Waals surface area contributed by atoms with E-state index >= 15 is 0 Å². The minimum atomic E-state index is -0.369. The van der Waals surface area contributed by atoms with Gasteiger partial charge in [0.25, 0.3) is 0 Å². The Hall–Kier alpha value is -2.67. The number of hydrogen-bond acceptors (Lipinski definition) is 4. The number of halogens is 1. The van der Waals surface area contributed by atoms with Crippen molar-refractivity contribution in [3.8, 4) is 5.69 Å². The van der Waals surface area contributed by atoms with Crippen LogP contribution in [0.3, 0.4) is 0 Å². The lowest BCUT2D eigenvalue weighted by molar-refractivity contribution is -0.119. The van der Waals surface area contributed by atoms with Gasteiger partial charge in [-0.2, -0.15) is 0 Å². The van der Waals surface area contributed by atoms with Gasteiger partial charge in [0.05, 0.1) is 17.5 Å². The van der Waals surface area contributed by atoms with Gasteiger partial charge in [-0.25, -0.2) is 4.39 Å². The second kappa shape index (κ2) is 7.94. The monoisotopic (exact) mass is 356 g/mol. The van der Waals surface area contributed by atoms with Gasteiger partial charge in [0, 0.05) is 0 Å². The number of benzene rings is 2. The molecule has 3 aromatic rings. The Labute approximate surface area is 149 Å². The molecular weight excluding hydrogens is 339 g/mol. The van der Waals surface area contributed by atoms with Crippen molar-refractivity contribution in [2.45, 2.75) is 18.1 Å². The zero-order chi connectivity index (χ0) is 17.6. The molecule has 5 nitrogen and oxygen atoms in total. The molecule has 1 heterocycles. The van der Waals surface area contributed by atoms with Gasteiger partial charge in [-0.15, -0.1) is 10.2 Å². The van der Waals surface area contributed by atoms with Crippen LogP contribution in [0.1, 0.15) is 18.5 Å². The second-order valence-corrected chi connectivity index (χ2v) is 6.37. The van der Waals surface area contributed by atoms with E-state index in [1.807, 2.05) is 37.3 Å². The number of thioether (sulfide) groups is 1. The molecule has 0 saturated carbocycles. The van der Waals surface area contributed by atoms with Crippen LogP contribution in [0.5, 0.6) is 0 Å². The molecule has 1 atom stereocenters. The van der Waals surface area contributed by atoms with E-state index in [0.29, 0.717) is 10.8 Å². The summed E-state index contributed by atoms with van der Waals surface area (Å²) < 4.78 is 15.5. The zero-order valence-electron chi connectivity index (χ0n) is 13.6. The highest BCUT2D eigenvalue weighted by Gasteiger charge is 2.14. The minimum Gasteiger partial charge on any atom is -0.349 e. The van der Waals surface area contributed by atoms with E-state index in [1.54, 1.807) is 18.2 Å². The first kappa shape index (κ1) is 17.2. The van der Waals surface area contributed by atoms with Crippen molar-refractivity contribution < 1.29 is 9.18 Å². The average Bonchev–Trinajstić information content (AvgIpc) is 3.09.